The van der Waals surface area contributed by atoms with Gasteiger partial charge in [0.1, 0.15) is 5.82 Å². The van der Waals surface area contributed by atoms with Crippen molar-refractivity contribution in [3.8, 4) is 0 Å². The smallest absolute Gasteiger partial charge is 0.137 e. The summed E-state index contributed by atoms with van der Waals surface area (Å²) in [5.41, 5.74) is 0.967. The van der Waals surface area contributed by atoms with Gasteiger partial charge in [0, 0.05) is 26.9 Å². The zero-order valence-corrected chi connectivity index (χ0v) is 13.9. The Bertz CT molecular complexity index is 586. The summed E-state index contributed by atoms with van der Waals surface area (Å²) < 4.78 is 15.1. The zero-order valence-electron chi connectivity index (χ0n) is 11.5. The predicted octanol–water partition coefficient (Wildman–Crippen LogP) is 5.24. The van der Waals surface area contributed by atoms with E-state index in [2.05, 4.69) is 35.1 Å². The van der Waals surface area contributed by atoms with Crippen LogP contribution in [0.5, 0.6) is 0 Å². The fraction of sp³-hybridized carbons (Fsp3) is 0.250. The molecule has 0 aliphatic rings. The number of hydrogen-bond acceptors (Lipinski definition) is 2. The first-order chi connectivity index (χ1) is 9.54. The average Bonchev–Trinajstić information content (AvgIpc) is 2.39. The van der Waals surface area contributed by atoms with Gasteiger partial charge in [0.15, 0.2) is 0 Å². The average molecular weight is 354 g/mol. The van der Waals surface area contributed by atoms with E-state index in [9.17, 15) is 4.39 Å². The number of nitrogens with one attached hydrogen (secondary N) is 1. The molecule has 106 valence electrons. The molecule has 0 spiro atoms. The van der Waals surface area contributed by atoms with Crippen molar-refractivity contribution in [2.24, 2.45) is 0 Å². The Kier molecular flexibility index (Phi) is 5.64. The Morgan fingerprint density at radius 3 is 2.65 bits per heavy atom. The van der Waals surface area contributed by atoms with Crippen LogP contribution < -0.4 is 5.32 Å². The molecule has 2 aromatic rings. The fourth-order valence-corrected chi connectivity index (χ4v) is 3.15. The summed E-state index contributed by atoms with van der Waals surface area (Å²) in [6, 6.07) is 13.7. The Hall–Kier alpha value is -0.840. The molecule has 1 N–H and O–H groups in total. The summed E-state index contributed by atoms with van der Waals surface area (Å²) in [5.74, 6) is -0.168. The molecule has 4 heteroatoms. The fourth-order valence-electron chi connectivity index (χ4n) is 1.72. The summed E-state index contributed by atoms with van der Waals surface area (Å²) in [6.07, 6.45) is 0. The van der Waals surface area contributed by atoms with Gasteiger partial charge in [-0.2, -0.15) is 0 Å². The summed E-state index contributed by atoms with van der Waals surface area (Å²) in [4.78, 5) is 1.67. The van der Waals surface area contributed by atoms with Crippen LogP contribution in [0.3, 0.4) is 0 Å². The molecule has 0 amide bonds. The van der Waals surface area contributed by atoms with E-state index < -0.39 is 0 Å². The molecule has 2 aromatic carbocycles. The lowest BCUT2D eigenvalue weighted by Gasteiger charge is -2.09. The van der Waals surface area contributed by atoms with Gasteiger partial charge in [-0.15, -0.1) is 0 Å². The van der Waals surface area contributed by atoms with Crippen LogP contribution in [0, 0.1) is 5.82 Å². The SMILES string of the molecule is CC(C)NCc1ccc(Sc2cccc(Br)c2)c(F)c1. The molecular formula is C16H17BrFNS. The minimum absolute atomic E-state index is 0.168. The quantitative estimate of drug-likeness (QED) is 0.788. The van der Waals surface area contributed by atoms with Gasteiger partial charge in [0.25, 0.3) is 0 Å². The van der Waals surface area contributed by atoms with Crippen LogP contribution in [-0.2, 0) is 6.54 Å². The van der Waals surface area contributed by atoms with Crippen LogP contribution in [0.4, 0.5) is 4.39 Å². The molecule has 0 heterocycles. The molecule has 0 aliphatic carbocycles. The molecule has 0 bridgehead atoms. The highest BCUT2D eigenvalue weighted by molar-refractivity contribution is 9.10. The van der Waals surface area contributed by atoms with Crippen LogP contribution in [-0.4, -0.2) is 6.04 Å². The van der Waals surface area contributed by atoms with Crippen molar-refractivity contribution in [3.63, 3.8) is 0 Å². The third-order valence-corrected chi connectivity index (χ3v) is 4.27. The van der Waals surface area contributed by atoms with Gasteiger partial charge in [0.2, 0.25) is 0 Å². The Labute approximate surface area is 132 Å². The second-order valence-electron chi connectivity index (χ2n) is 4.86. The van der Waals surface area contributed by atoms with Crippen molar-refractivity contribution in [3.05, 3.63) is 58.3 Å². The molecule has 20 heavy (non-hydrogen) atoms. The van der Waals surface area contributed by atoms with Crippen molar-refractivity contribution in [2.45, 2.75) is 36.2 Å². The highest BCUT2D eigenvalue weighted by Gasteiger charge is 2.06. The molecule has 0 atom stereocenters. The van der Waals surface area contributed by atoms with Crippen molar-refractivity contribution in [1.29, 1.82) is 0 Å². The summed E-state index contributed by atoms with van der Waals surface area (Å²) in [6.45, 7) is 4.85. The minimum Gasteiger partial charge on any atom is -0.310 e. The van der Waals surface area contributed by atoms with E-state index in [0.717, 1.165) is 14.9 Å². The molecule has 0 saturated carbocycles. The van der Waals surface area contributed by atoms with Crippen LogP contribution in [0.1, 0.15) is 19.4 Å². The van der Waals surface area contributed by atoms with E-state index in [1.54, 1.807) is 6.07 Å². The maximum atomic E-state index is 14.1. The van der Waals surface area contributed by atoms with Crippen LogP contribution in [0.25, 0.3) is 0 Å². The second-order valence-corrected chi connectivity index (χ2v) is 6.89. The molecule has 0 radical (unpaired) electrons. The first-order valence-corrected chi connectivity index (χ1v) is 8.11. The van der Waals surface area contributed by atoms with Gasteiger partial charge in [-0.25, -0.2) is 4.39 Å². The Morgan fingerprint density at radius 1 is 1.20 bits per heavy atom. The minimum atomic E-state index is -0.168. The van der Waals surface area contributed by atoms with Crippen molar-refractivity contribution < 1.29 is 4.39 Å². The highest BCUT2D eigenvalue weighted by Crippen LogP contribution is 2.31. The summed E-state index contributed by atoms with van der Waals surface area (Å²) in [7, 11) is 0. The van der Waals surface area contributed by atoms with Gasteiger partial charge >= 0.3 is 0 Å². The van der Waals surface area contributed by atoms with E-state index in [1.807, 2.05) is 36.4 Å². The molecule has 0 aliphatic heterocycles. The maximum absolute atomic E-state index is 14.1. The lowest BCUT2D eigenvalue weighted by molar-refractivity contribution is 0.574. The van der Waals surface area contributed by atoms with E-state index >= 15 is 0 Å². The zero-order chi connectivity index (χ0) is 14.5. The molecule has 0 saturated heterocycles. The molecule has 1 nitrogen and oxygen atoms in total. The lowest BCUT2D eigenvalue weighted by Crippen LogP contribution is -2.21. The maximum Gasteiger partial charge on any atom is 0.137 e. The molecule has 0 aromatic heterocycles. The van der Waals surface area contributed by atoms with Gasteiger partial charge in [-0.1, -0.05) is 53.7 Å². The second kappa shape index (κ2) is 7.25. The third kappa shape index (κ3) is 4.62. The topological polar surface area (TPSA) is 12.0 Å². The van der Waals surface area contributed by atoms with Crippen molar-refractivity contribution in [2.75, 3.05) is 0 Å². The predicted molar refractivity (Wildman–Crippen MR) is 86.6 cm³/mol. The monoisotopic (exact) mass is 353 g/mol. The first-order valence-electron chi connectivity index (χ1n) is 6.50. The number of halogens is 2. The van der Waals surface area contributed by atoms with Gasteiger partial charge in [0.05, 0.1) is 0 Å². The van der Waals surface area contributed by atoms with E-state index in [1.165, 1.54) is 11.8 Å². The van der Waals surface area contributed by atoms with Gasteiger partial charge < -0.3 is 5.32 Å². The molecule has 0 unspecified atom stereocenters. The summed E-state index contributed by atoms with van der Waals surface area (Å²) >= 11 is 4.86. The number of rotatable bonds is 5. The van der Waals surface area contributed by atoms with Gasteiger partial charge in [-0.3, -0.25) is 0 Å². The normalized spacial score (nSPS) is 11.1. The van der Waals surface area contributed by atoms with Crippen LogP contribution in [0.15, 0.2) is 56.7 Å². The Balaban J connectivity index is 2.09. The highest BCUT2D eigenvalue weighted by atomic mass is 79.9. The third-order valence-electron chi connectivity index (χ3n) is 2.73. The summed E-state index contributed by atoms with van der Waals surface area (Å²) in [5, 5.41) is 3.29. The standard InChI is InChI=1S/C16H17BrFNS/c1-11(2)19-10-12-6-7-16(15(18)8-12)20-14-5-3-4-13(17)9-14/h3-9,11,19H,10H2,1-2H3. The molecule has 2 rings (SSSR count). The van der Waals surface area contributed by atoms with E-state index in [0.29, 0.717) is 17.5 Å². The molecule has 0 fully saturated rings. The van der Waals surface area contributed by atoms with Crippen molar-refractivity contribution >= 4 is 27.7 Å². The van der Waals surface area contributed by atoms with Crippen molar-refractivity contribution in [1.82, 2.24) is 5.32 Å². The van der Waals surface area contributed by atoms with Crippen LogP contribution in [0.2, 0.25) is 0 Å². The number of hydrogen-bond donors (Lipinski definition) is 1. The first kappa shape index (κ1) is 15.5. The Morgan fingerprint density at radius 2 is 2.00 bits per heavy atom. The number of benzene rings is 2. The largest absolute Gasteiger partial charge is 0.310 e. The van der Waals surface area contributed by atoms with E-state index in [4.69, 9.17) is 0 Å². The van der Waals surface area contributed by atoms with Gasteiger partial charge in [-0.05, 0) is 35.9 Å². The van der Waals surface area contributed by atoms with Crippen LogP contribution >= 0.6 is 27.7 Å². The lowest BCUT2D eigenvalue weighted by atomic mass is 10.2. The molecular weight excluding hydrogens is 337 g/mol. The van der Waals surface area contributed by atoms with E-state index in [-0.39, 0.29) is 5.82 Å².